The summed E-state index contributed by atoms with van der Waals surface area (Å²) in [5, 5.41) is 0.901. The quantitative estimate of drug-likeness (QED) is 0.422. The van der Waals surface area contributed by atoms with E-state index in [4.69, 9.17) is 9.47 Å². The van der Waals surface area contributed by atoms with Crippen molar-refractivity contribution in [2.75, 3.05) is 19.5 Å². The first-order valence-electron chi connectivity index (χ1n) is 10.0. The highest BCUT2D eigenvalue weighted by Gasteiger charge is 2.23. The summed E-state index contributed by atoms with van der Waals surface area (Å²) in [6.07, 6.45) is 3.99. The van der Waals surface area contributed by atoms with Gasteiger partial charge in [-0.2, -0.15) is 0 Å². The highest BCUT2D eigenvalue weighted by Crippen LogP contribution is 2.39. The number of rotatable bonds is 9. The van der Waals surface area contributed by atoms with Crippen LogP contribution in [0.4, 0.5) is 0 Å². The zero-order chi connectivity index (χ0) is 20.0. The number of benzene rings is 2. The lowest BCUT2D eigenvalue weighted by molar-refractivity contribution is 0.409. The Hall–Kier alpha value is -1.48. The molecule has 0 atom stereocenters. The highest BCUT2D eigenvalue weighted by molar-refractivity contribution is 9.09. The summed E-state index contributed by atoms with van der Waals surface area (Å²) in [4.78, 5) is 0. The smallest absolute Gasteiger partial charge is 0.122 e. The van der Waals surface area contributed by atoms with Gasteiger partial charge >= 0.3 is 0 Å². The number of methoxy groups -OCH3 is 2. The number of ether oxygens (including phenoxy) is 2. The van der Waals surface area contributed by atoms with Crippen LogP contribution >= 0.6 is 15.9 Å². The fraction of sp³-hybridized carbons (Fsp3) is 0.500. The Balaban J connectivity index is 2.71. The first kappa shape index (κ1) is 21.8. The standard InChI is InChI=1S/C24H33BrO2/c1-7-16-18(9-3)23(26-5)13-11-20(16)22(15-25)21-12-14-24(27-6)19(10-4)17(21)8-2/h11-14,22H,7-10,15H2,1-6H3. The minimum Gasteiger partial charge on any atom is -0.496 e. The maximum absolute atomic E-state index is 5.64. The van der Waals surface area contributed by atoms with Crippen molar-refractivity contribution >= 4 is 15.9 Å². The molecule has 27 heavy (non-hydrogen) atoms. The number of hydrogen-bond acceptors (Lipinski definition) is 2. The normalized spacial score (nSPS) is 11.1. The number of hydrogen-bond donors (Lipinski definition) is 0. The number of alkyl halides is 1. The molecule has 2 aromatic rings. The van der Waals surface area contributed by atoms with Crippen molar-refractivity contribution < 1.29 is 9.47 Å². The van der Waals surface area contributed by atoms with E-state index in [1.807, 2.05) is 0 Å². The van der Waals surface area contributed by atoms with E-state index in [1.54, 1.807) is 14.2 Å². The predicted molar refractivity (Wildman–Crippen MR) is 119 cm³/mol. The molecule has 0 N–H and O–H groups in total. The zero-order valence-corrected chi connectivity index (χ0v) is 19.2. The van der Waals surface area contributed by atoms with Crippen LogP contribution in [0.3, 0.4) is 0 Å². The molecular formula is C24H33BrO2. The molecular weight excluding hydrogens is 400 g/mol. The fourth-order valence-electron chi connectivity index (χ4n) is 4.36. The van der Waals surface area contributed by atoms with Crippen molar-refractivity contribution in [3.63, 3.8) is 0 Å². The van der Waals surface area contributed by atoms with E-state index >= 15 is 0 Å². The summed E-state index contributed by atoms with van der Waals surface area (Å²) in [5.41, 5.74) is 8.36. The van der Waals surface area contributed by atoms with Crippen molar-refractivity contribution in [2.45, 2.75) is 59.3 Å². The van der Waals surface area contributed by atoms with Crippen molar-refractivity contribution in [1.82, 2.24) is 0 Å². The zero-order valence-electron chi connectivity index (χ0n) is 17.6. The van der Waals surface area contributed by atoms with Crippen LogP contribution in [0.5, 0.6) is 11.5 Å². The largest absolute Gasteiger partial charge is 0.496 e. The van der Waals surface area contributed by atoms with E-state index < -0.39 is 0 Å². The molecule has 0 unspecified atom stereocenters. The lowest BCUT2D eigenvalue weighted by Crippen LogP contribution is -2.12. The molecule has 0 bridgehead atoms. The van der Waals surface area contributed by atoms with Crippen LogP contribution in [0.15, 0.2) is 24.3 Å². The van der Waals surface area contributed by atoms with Gasteiger partial charge in [-0.15, -0.1) is 0 Å². The fourth-order valence-corrected chi connectivity index (χ4v) is 5.06. The summed E-state index contributed by atoms with van der Waals surface area (Å²) in [6.45, 7) is 8.91. The van der Waals surface area contributed by atoms with Gasteiger partial charge in [0, 0.05) is 11.2 Å². The van der Waals surface area contributed by atoms with Gasteiger partial charge in [0.05, 0.1) is 14.2 Å². The van der Waals surface area contributed by atoms with Gasteiger partial charge in [-0.3, -0.25) is 0 Å². The van der Waals surface area contributed by atoms with Crippen LogP contribution in [0.2, 0.25) is 0 Å². The third-order valence-electron chi connectivity index (χ3n) is 5.61. The minimum atomic E-state index is 0.322. The number of halogens is 1. The van der Waals surface area contributed by atoms with Crippen molar-refractivity contribution in [3.8, 4) is 11.5 Å². The van der Waals surface area contributed by atoms with Crippen LogP contribution in [-0.2, 0) is 25.7 Å². The van der Waals surface area contributed by atoms with E-state index in [-0.39, 0.29) is 0 Å². The molecule has 0 spiro atoms. The lowest BCUT2D eigenvalue weighted by Gasteiger charge is -2.26. The van der Waals surface area contributed by atoms with E-state index in [2.05, 4.69) is 67.9 Å². The van der Waals surface area contributed by atoms with E-state index in [0.29, 0.717) is 5.92 Å². The van der Waals surface area contributed by atoms with Gasteiger partial charge in [-0.1, -0.05) is 55.8 Å². The Bertz CT molecular complexity index is 704. The molecule has 2 nitrogen and oxygen atoms in total. The Morgan fingerprint density at radius 2 is 1.04 bits per heavy atom. The van der Waals surface area contributed by atoms with Gasteiger partial charge in [0.15, 0.2) is 0 Å². The average molecular weight is 433 g/mol. The summed E-state index contributed by atoms with van der Waals surface area (Å²) < 4.78 is 11.3. The van der Waals surface area contributed by atoms with Crippen molar-refractivity contribution in [2.24, 2.45) is 0 Å². The first-order valence-corrected chi connectivity index (χ1v) is 11.2. The molecule has 3 heteroatoms. The van der Waals surface area contributed by atoms with E-state index in [0.717, 1.165) is 42.5 Å². The monoisotopic (exact) mass is 432 g/mol. The van der Waals surface area contributed by atoms with Gasteiger partial charge in [-0.05, 0) is 71.2 Å². The maximum atomic E-state index is 5.64. The molecule has 0 saturated carbocycles. The molecule has 0 aromatic heterocycles. The van der Waals surface area contributed by atoms with Gasteiger partial charge in [0.2, 0.25) is 0 Å². The molecule has 0 saturated heterocycles. The van der Waals surface area contributed by atoms with Crippen LogP contribution < -0.4 is 9.47 Å². The summed E-state index contributed by atoms with van der Waals surface area (Å²) in [6, 6.07) is 8.80. The molecule has 0 fully saturated rings. The second-order valence-electron chi connectivity index (χ2n) is 6.75. The van der Waals surface area contributed by atoms with Gasteiger partial charge in [0.25, 0.3) is 0 Å². The Kier molecular flexibility index (Phi) is 8.22. The third-order valence-corrected chi connectivity index (χ3v) is 6.26. The predicted octanol–water partition coefficient (Wildman–Crippen LogP) is 6.48. The Labute approximate surface area is 173 Å². The first-order chi connectivity index (χ1) is 13.1. The Morgan fingerprint density at radius 3 is 1.30 bits per heavy atom. The van der Waals surface area contributed by atoms with Crippen molar-refractivity contribution in [1.29, 1.82) is 0 Å². The second kappa shape index (κ2) is 10.2. The molecule has 2 rings (SSSR count). The third kappa shape index (κ3) is 4.18. The van der Waals surface area contributed by atoms with E-state index in [1.165, 1.54) is 33.4 Å². The van der Waals surface area contributed by atoms with Crippen LogP contribution in [0.1, 0.15) is 67.0 Å². The Morgan fingerprint density at radius 1 is 0.667 bits per heavy atom. The molecule has 0 radical (unpaired) electrons. The SMILES string of the molecule is CCc1c(OC)ccc(C(CBr)c2ccc(OC)c(CC)c2CC)c1CC. The van der Waals surface area contributed by atoms with E-state index in [9.17, 15) is 0 Å². The van der Waals surface area contributed by atoms with Crippen LogP contribution in [-0.4, -0.2) is 19.5 Å². The molecule has 2 aromatic carbocycles. The summed E-state index contributed by atoms with van der Waals surface area (Å²) >= 11 is 3.82. The van der Waals surface area contributed by atoms with Crippen LogP contribution in [0.25, 0.3) is 0 Å². The minimum absolute atomic E-state index is 0.322. The van der Waals surface area contributed by atoms with Gasteiger partial charge in [-0.25, -0.2) is 0 Å². The molecule has 0 aliphatic heterocycles. The van der Waals surface area contributed by atoms with Gasteiger partial charge in [0.1, 0.15) is 11.5 Å². The summed E-state index contributed by atoms with van der Waals surface area (Å²) in [5.74, 6) is 2.33. The molecule has 0 aliphatic rings. The molecule has 0 aliphatic carbocycles. The topological polar surface area (TPSA) is 18.5 Å². The maximum Gasteiger partial charge on any atom is 0.122 e. The molecule has 148 valence electrons. The van der Waals surface area contributed by atoms with Crippen LogP contribution in [0, 0.1) is 0 Å². The molecule has 0 heterocycles. The highest BCUT2D eigenvalue weighted by atomic mass is 79.9. The second-order valence-corrected chi connectivity index (χ2v) is 7.40. The van der Waals surface area contributed by atoms with Crippen molar-refractivity contribution in [3.05, 3.63) is 57.6 Å². The average Bonchev–Trinajstić information content (AvgIpc) is 2.72. The van der Waals surface area contributed by atoms with Gasteiger partial charge < -0.3 is 9.47 Å². The molecule has 0 amide bonds. The summed E-state index contributed by atoms with van der Waals surface area (Å²) in [7, 11) is 3.53. The lowest BCUT2D eigenvalue weighted by atomic mass is 9.81.